The Hall–Kier alpha value is -1.17. The highest BCUT2D eigenvalue weighted by molar-refractivity contribution is 7.10. The molecule has 0 saturated carbocycles. The molecule has 0 spiro atoms. The molecule has 1 atom stereocenters. The Morgan fingerprint density at radius 2 is 2.37 bits per heavy atom. The van der Waals surface area contributed by atoms with Crippen LogP contribution < -0.4 is 5.32 Å². The number of hydrogen-bond acceptors (Lipinski definition) is 4. The van der Waals surface area contributed by atoms with E-state index >= 15 is 0 Å². The highest BCUT2D eigenvalue weighted by atomic mass is 32.1. The maximum Gasteiger partial charge on any atom is 0.225 e. The molecule has 2 aromatic heterocycles. The average molecular weight is 293 g/mol. The fourth-order valence-corrected chi connectivity index (χ4v) is 3.61. The topological polar surface area (TPSA) is 38.3 Å². The smallest absolute Gasteiger partial charge is 0.225 e. The zero-order valence-electron chi connectivity index (χ0n) is 10.4. The Balaban J connectivity index is 1.57. The number of hydrogen-bond donors (Lipinski definition) is 1. The summed E-state index contributed by atoms with van der Waals surface area (Å²) in [6.07, 6.45) is 0.844. The fourth-order valence-electron chi connectivity index (χ4n) is 2.11. The molecular formula is C14H15NO2S2. The third-order valence-electron chi connectivity index (χ3n) is 3.25. The summed E-state index contributed by atoms with van der Waals surface area (Å²) in [7, 11) is 0. The first-order chi connectivity index (χ1) is 9.33. The molecule has 19 heavy (non-hydrogen) atoms. The minimum absolute atomic E-state index is 0.0382. The summed E-state index contributed by atoms with van der Waals surface area (Å²) < 4.78 is 5.23. The Kier molecular flexibility index (Phi) is 3.96. The Morgan fingerprint density at radius 1 is 1.42 bits per heavy atom. The van der Waals surface area contributed by atoms with Gasteiger partial charge in [-0.15, -0.1) is 11.3 Å². The quantitative estimate of drug-likeness (QED) is 0.940. The van der Waals surface area contributed by atoms with E-state index in [0.29, 0.717) is 19.8 Å². The van der Waals surface area contributed by atoms with Crippen molar-refractivity contribution in [3.8, 4) is 11.1 Å². The molecule has 1 unspecified atom stereocenters. The van der Waals surface area contributed by atoms with E-state index in [0.717, 1.165) is 6.42 Å². The lowest BCUT2D eigenvalue weighted by Crippen LogP contribution is -2.30. The molecule has 3 heterocycles. The molecule has 3 nitrogen and oxygen atoms in total. The SMILES string of the molecule is O=C(NCc1cc(-c2ccsc2)cs1)C1CCOC1. The van der Waals surface area contributed by atoms with Gasteiger partial charge in [-0.1, -0.05) is 0 Å². The second-order valence-corrected chi connectivity index (χ2v) is 6.37. The summed E-state index contributed by atoms with van der Waals surface area (Å²) in [5.74, 6) is 0.152. The lowest BCUT2D eigenvalue weighted by Gasteiger charge is -2.07. The second-order valence-electron chi connectivity index (χ2n) is 4.59. The molecule has 0 aromatic carbocycles. The van der Waals surface area contributed by atoms with Gasteiger partial charge in [0.1, 0.15) is 0 Å². The first-order valence-corrected chi connectivity index (χ1v) is 8.10. The van der Waals surface area contributed by atoms with Gasteiger partial charge in [0, 0.05) is 11.5 Å². The van der Waals surface area contributed by atoms with Gasteiger partial charge in [-0.2, -0.15) is 11.3 Å². The number of carbonyl (C=O) groups excluding carboxylic acids is 1. The first kappa shape index (κ1) is 12.8. The molecule has 0 bridgehead atoms. The van der Waals surface area contributed by atoms with Crippen molar-refractivity contribution < 1.29 is 9.53 Å². The summed E-state index contributed by atoms with van der Waals surface area (Å²) >= 11 is 3.39. The number of nitrogens with one attached hydrogen (secondary N) is 1. The molecule has 1 N–H and O–H groups in total. The van der Waals surface area contributed by atoms with E-state index in [1.54, 1.807) is 22.7 Å². The van der Waals surface area contributed by atoms with Gasteiger partial charge in [0.05, 0.1) is 19.1 Å². The van der Waals surface area contributed by atoms with Crippen LogP contribution in [0.2, 0.25) is 0 Å². The van der Waals surface area contributed by atoms with E-state index < -0.39 is 0 Å². The fraction of sp³-hybridized carbons (Fsp3) is 0.357. The van der Waals surface area contributed by atoms with Crippen molar-refractivity contribution in [2.24, 2.45) is 5.92 Å². The Labute approximate surface area is 120 Å². The van der Waals surface area contributed by atoms with E-state index in [4.69, 9.17) is 4.74 Å². The monoisotopic (exact) mass is 293 g/mol. The maximum absolute atomic E-state index is 11.9. The predicted octanol–water partition coefficient (Wildman–Crippen LogP) is 3.13. The van der Waals surface area contributed by atoms with E-state index in [1.165, 1.54) is 16.0 Å². The highest BCUT2D eigenvalue weighted by Crippen LogP contribution is 2.27. The summed E-state index contributed by atoms with van der Waals surface area (Å²) in [4.78, 5) is 13.1. The van der Waals surface area contributed by atoms with Crippen LogP contribution in [0.1, 0.15) is 11.3 Å². The van der Waals surface area contributed by atoms with Crippen LogP contribution in [0.4, 0.5) is 0 Å². The Morgan fingerprint density at radius 3 is 3.11 bits per heavy atom. The molecule has 1 aliphatic heterocycles. The normalized spacial score (nSPS) is 18.6. The maximum atomic E-state index is 11.9. The molecule has 100 valence electrons. The standard InChI is InChI=1S/C14H15NO2S2/c16-14(10-1-3-17-7-10)15-6-13-5-12(9-19-13)11-2-4-18-8-11/h2,4-5,8-10H,1,3,6-7H2,(H,15,16). The highest BCUT2D eigenvalue weighted by Gasteiger charge is 2.23. The average Bonchev–Trinajstić information content (AvgIpc) is 3.14. The Bertz CT molecular complexity index is 542. The van der Waals surface area contributed by atoms with Crippen LogP contribution in [0.25, 0.3) is 11.1 Å². The third kappa shape index (κ3) is 3.05. The minimum Gasteiger partial charge on any atom is -0.381 e. The van der Waals surface area contributed by atoms with Crippen molar-refractivity contribution in [1.82, 2.24) is 5.32 Å². The van der Waals surface area contributed by atoms with Crippen LogP contribution in [0, 0.1) is 5.92 Å². The molecule has 1 saturated heterocycles. The molecule has 1 aliphatic rings. The molecule has 3 rings (SSSR count). The van der Waals surface area contributed by atoms with Gasteiger partial charge in [-0.05, 0) is 45.8 Å². The summed E-state index contributed by atoms with van der Waals surface area (Å²) in [6.45, 7) is 1.89. The molecular weight excluding hydrogens is 278 g/mol. The summed E-state index contributed by atoms with van der Waals surface area (Å²) in [5.41, 5.74) is 2.49. The molecule has 2 aromatic rings. The van der Waals surface area contributed by atoms with Crippen molar-refractivity contribution in [3.63, 3.8) is 0 Å². The summed E-state index contributed by atoms with van der Waals surface area (Å²) in [5, 5.41) is 9.35. The minimum atomic E-state index is 0.0382. The second kappa shape index (κ2) is 5.86. The van der Waals surface area contributed by atoms with Gasteiger partial charge in [-0.3, -0.25) is 4.79 Å². The van der Waals surface area contributed by atoms with Gasteiger partial charge in [0.25, 0.3) is 0 Å². The molecule has 5 heteroatoms. The van der Waals surface area contributed by atoms with Crippen LogP contribution in [-0.2, 0) is 16.1 Å². The van der Waals surface area contributed by atoms with Gasteiger partial charge >= 0.3 is 0 Å². The lowest BCUT2D eigenvalue weighted by molar-refractivity contribution is -0.125. The van der Waals surface area contributed by atoms with Crippen LogP contribution in [0.3, 0.4) is 0 Å². The van der Waals surface area contributed by atoms with Crippen molar-refractivity contribution in [2.75, 3.05) is 13.2 Å². The zero-order chi connectivity index (χ0) is 13.1. The number of rotatable bonds is 4. The van der Waals surface area contributed by atoms with Crippen LogP contribution in [0.15, 0.2) is 28.3 Å². The molecule has 1 amide bonds. The van der Waals surface area contributed by atoms with Crippen LogP contribution in [-0.4, -0.2) is 19.1 Å². The number of ether oxygens (including phenoxy) is 1. The van der Waals surface area contributed by atoms with E-state index in [2.05, 4.69) is 33.6 Å². The number of amides is 1. The third-order valence-corrected chi connectivity index (χ3v) is 4.87. The van der Waals surface area contributed by atoms with Gasteiger partial charge in [-0.25, -0.2) is 0 Å². The largest absolute Gasteiger partial charge is 0.381 e. The van der Waals surface area contributed by atoms with Crippen molar-refractivity contribution in [2.45, 2.75) is 13.0 Å². The van der Waals surface area contributed by atoms with E-state index in [1.807, 2.05) is 0 Å². The van der Waals surface area contributed by atoms with Crippen molar-refractivity contribution in [3.05, 3.63) is 33.2 Å². The van der Waals surface area contributed by atoms with Crippen molar-refractivity contribution in [1.29, 1.82) is 0 Å². The van der Waals surface area contributed by atoms with E-state index in [9.17, 15) is 4.79 Å². The van der Waals surface area contributed by atoms with Crippen LogP contribution >= 0.6 is 22.7 Å². The molecule has 1 fully saturated rings. The summed E-state index contributed by atoms with van der Waals surface area (Å²) in [6, 6.07) is 4.27. The van der Waals surface area contributed by atoms with Gasteiger partial charge in [0.2, 0.25) is 5.91 Å². The molecule has 0 aliphatic carbocycles. The van der Waals surface area contributed by atoms with Crippen molar-refractivity contribution >= 4 is 28.6 Å². The lowest BCUT2D eigenvalue weighted by atomic mass is 10.1. The number of thiophene rings is 2. The number of carbonyl (C=O) groups is 1. The van der Waals surface area contributed by atoms with Gasteiger partial charge in [0.15, 0.2) is 0 Å². The zero-order valence-corrected chi connectivity index (χ0v) is 12.1. The first-order valence-electron chi connectivity index (χ1n) is 6.28. The van der Waals surface area contributed by atoms with E-state index in [-0.39, 0.29) is 11.8 Å². The van der Waals surface area contributed by atoms with Crippen LogP contribution in [0.5, 0.6) is 0 Å². The van der Waals surface area contributed by atoms with Gasteiger partial charge < -0.3 is 10.1 Å². The predicted molar refractivity (Wildman–Crippen MR) is 78.4 cm³/mol. The molecule has 0 radical (unpaired) electrons.